The van der Waals surface area contributed by atoms with E-state index in [4.69, 9.17) is 4.74 Å². The molecule has 0 aromatic heterocycles. The van der Waals surface area contributed by atoms with E-state index in [0.29, 0.717) is 6.04 Å². The van der Waals surface area contributed by atoms with E-state index in [2.05, 4.69) is 19.2 Å². The standard InChI is InChI=1S/C17H35NO2/c1-3-4-5-6-7-8-13-20-14-9-12-17(2,15-19)18-16-10-11-16/h16,18-19H,3-15H2,1-2H3. The summed E-state index contributed by atoms with van der Waals surface area (Å²) in [5, 5.41) is 13.0. The molecule has 0 radical (unpaired) electrons. The number of rotatable bonds is 14. The third-order valence-electron chi connectivity index (χ3n) is 4.14. The van der Waals surface area contributed by atoms with Crippen molar-refractivity contribution in [2.24, 2.45) is 0 Å². The second-order valence-corrected chi connectivity index (χ2v) is 6.62. The van der Waals surface area contributed by atoms with Crippen LogP contribution in [0.5, 0.6) is 0 Å². The molecule has 0 aromatic rings. The fraction of sp³-hybridized carbons (Fsp3) is 1.00. The van der Waals surface area contributed by atoms with Crippen molar-refractivity contribution >= 4 is 0 Å². The third-order valence-corrected chi connectivity index (χ3v) is 4.14. The zero-order valence-electron chi connectivity index (χ0n) is 13.6. The van der Waals surface area contributed by atoms with Crippen LogP contribution in [0.4, 0.5) is 0 Å². The third kappa shape index (κ3) is 8.93. The van der Waals surface area contributed by atoms with Crippen molar-refractivity contribution in [1.29, 1.82) is 0 Å². The van der Waals surface area contributed by atoms with Crippen molar-refractivity contribution in [3.05, 3.63) is 0 Å². The molecule has 1 saturated carbocycles. The first-order valence-electron chi connectivity index (χ1n) is 8.66. The molecule has 0 spiro atoms. The first kappa shape index (κ1) is 17.9. The highest BCUT2D eigenvalue weighted by molar-refractivity contribution is 4.92. The fourth-order valence-corrected chi connectivity index (χ4v) is 2.57. The summed E-state index contributed by atoms with van der Waals surface area (Å²) in [6.07, 6.45) is 12.5. The molecule has 20 heavy (non-hydrogen) atoms. The fourth-order valence-electron chi connectivity index (χ4n) is 2.57. The van der Waals surface area contributed by atoms with Crippen molar-refractivity contribution < 1.29 is 9.84 Å². The van der Waals surface area contributed by atoms with Crippen molar-refractivity contribution in [3.8, 4) is 0 Å². The molecule has 2 N–H and O–H groups in total. The molecule has 0 amide bonds. The van der Waals surface area contributed by atoms with Crippen LogP contribution in [-0.2, 0) is 4.74 Å². The molecule has 0 aromatic carbocycles. The van der Waals surface area contributed by atoms with Crippen LogP contribution < -0.4 is 5.32 Å². The van der Waals surface area contributed by atoms with Gasteiger partial charge in [-0.3, -0.25) is 0 Å². The number of hydrogen-bond donors (Lipinski definition) is 2. The van der Waals surface area contributed by atoms with E-state index in [9.17, 15) is 5.11 Å². The van der Waals surface area contributed by atoms with Crippen molar-refractivity contribution in [2.75, 3.05) is 19.8 Å². The lowest BCUT2D eigenvalue weighted by Crippen LogP contribution is -2.47. The van der Waals surface area contributed by atoms with Crippen LogP contribution >= 0.6 is 0 Å². The van der Waals surface area contributed by atoms with Gasteiger partial charge < -0.3 is 15.2 Å². The predicted octanol–water partition coefficient (Wildman–Crippen LogP) is 3.65. The molecule has 1 fully saturated rings. The van der Waals surface area contributed by atoms with Gasteiger partial charge in [0.1, 0.15) is 0 Å². The minimum atomic E-state index is -0.106. The molecule has 0 aliphatic heterocycles. The molecule has 1 unspecified atom stereocenters. The second-order valence-electron chi connectivity index (χ2n) is 6.62. The SMILES string of the molecule is CCCCCCCCOCCCC(C)(CO)NC1CC1. The molecule has 0 saturated heterocycles. The highest BCUT2D eigenvalue weighted by Gasteiger charge is 2.31. The van der Waals surface area contributed by atoms with E-state index in [1.807, 2.05) is 0 Å². The van der Waals surface area contributed by atoms with Crippen LogP contribution in [0.1, 0.15) is 78.1 Å². The van der Waals surface area contributed by atoms with Crippen LogP contribution in [0.15, 0.2) is 0 Å². The van der Waals surface area contributed by atoms with E-state index >= 15 is 0 Å². The molecule has 1 atom stereocenters. The molecular weight excluding hydrogens is 250 g/mol. The summed E-state index contributed by atoms with van der Waals surface area (Å²) < 4.78 is 5.69. The van der Waals surface area contributed by atoms with Crippen LogP contribution in [0.3, 0.4) is 0 Å². The minimum Gasteiger partial charge on any atom is -0.394 e. The van der Waals surface area contributed by atoms with Gasteiger partial charge in [-0.1, -0.05) is 39.0 Å². The Labute approximate surface area is 125 Å². The monoisotopic (exact) mass is 285 g/mol. The number of nitrogens with one attached hydrogen (secondary N) is 1. The summed E-state index contributed by atoms with van der Waals surface area (Å²) in [7, 11) is 0. The Balaban J connectivity index is 1.87. The lowest BCUT2D eigenvalue weighted by Gasteiger charge is -2.29. The van der Waals surface area contributed by atoms with E-state index in [1.54, 1.807) is 0 Å². The van der Waals surface area contributed by atoms with Gasteiger partial charge in [-0.05, 0) is 39.0 Å². The Kier molecular flexibility index (Phi) is 9.49. The molecule has 1 aliphatic rings. The van der Waals surface area contributed by atoms with Crippen LogP contribution in [0.25, 0.3) is 0 Å². The summed E-state index contributed by atoms with van der Waals surface area (Å²) in [5.74, 6) is 0. The van der Waals surface area contributed by atoms with Gasteiger partial charge in [0.15, 0.2) is 0 Å². The van der Waals surface area contributed by atoms with E-state index in [0.717, 1.165) is 26.1 Å². The molecule has 3 nitrogen and oxygen atoms in total. The van der Waals surface area contributed by atoms with Gasteiger partial charge in [0, 0.05) is 24.8 Å². The summed E-state index contributed by atoms with van der Waals surface area (Å²) in [6, 6.07) is 0.649. The van der Waals surface area contributed by atoms with Gasteiger partial charge in [-0.2, -0.15) is 0 Å². The molecule has 1 aliphatic carbocycles. The van der Waals surface area contributed by atoms with Crippen molar-refractivity contribution in [1.82, 2.24) is 5.32 Å². The molecule has 120 valence electrons. The smallest absolute Gasteiger partial charge is 0.0610 e. The highest BCUT2D eigenvalue weighted by atomic mass is 16.5. The van der Waals surface area contributed by atoms with Gasteiger partial charge in [-0.15, -0.1) is 0 Å². The number of hydrogen-bond acceptors (Lipinski definition) is 3. The molecule has 3 heteroatoms. The summed E-state index contributed by atoms with van der Waals surface area (Å²) in [4.78, 5) is 0. The number of aliphatic hydroxyl groups is 1. The van der Waals surface area contributed by atoms with Crippen molar-refractivity contribution in [2.45, 2.75) is 89.6 Å². The predicted molar refractivity (Wildman–Crippen MR) is 85.1 cm³/mol. The Hall–Kier alpha value is -0.120. The zero-order chi connectivity index (χ0) is 14.7. The Morgan fingerprint density at radius 2 is 1.70 bits per heavy atom. The lowest BCUT2D eigenvalue weighted by molar-refractivity contribution is 0.106. The van der Waals surface area contributed by atoms with Crippen molar-refractivity contribution in [3.63, 3.8) is 0 Å². The molecule has 1 rings (SSSR count). The van der Waals surface area contributed by atoms with Gasteiger partial charge in [0.2, 0.25) is 0 Å². The summed E-state index contributed by atoms with van der Waals surface area (Å²) in [5.41, 5.74) is -0.106. The Morgan fingerprint density at radius 1 is 1.05 bits per heavy atom. The van der Waals surface area contributed by atoms with Gasteiger partial charge >= 0.3 is 0 Å². The van der Waals surface area contributed by atoms with E-state index in [1.165, 1.54) is 51.4 Å². The maximum Gasteiger partial charge on any atom is 0.0610 e. The first-order chi connectivity index (χ1) is 9.70. The first-order valence-corrected chi connectivity index (χ1v) is 8.66. The van der Waals surface area contributed by atoms with Crippen LogP contribution in [0.2, 0.25) is 0 Å². The van der Waals surface area contributed by atoms with E-state index in [-0.39, 0.29) is 12.1 Å². The zero-order valence-corrected chi connectivity index (χ0v) is 13.6. The summed E-state index contributed by atoms with van der Waals surface area (Å²) >= 11 is 0. The minimum absolute atomic E-state index is 0.106. The second kappa shape index (κ2) is 10.6. The number of aliphatic hydroxyl groups excluding tert-OH is 1. The maximum absolute atomic E-state index is 9.50. The average molecular weight is 285 g/mol. The summed E-state index contributed by atoms with van der Waals surface area (Å²) in [6.45, 7) is 6.33. The maximum atomic E-state index is 9.50. The topological polar surface area (TPSA) is 41.5 Å². The van der Waals surface area contributed by atoms with Crippen LogP contribution in [0, 0.1) is 0 Å². The average Bonchev–Trinajstić information content (AvgIpc) is 3.25. The highest BCUT2D eigenvalue weighted by Crippen LogP contribution is 2.24. The quantitative estimate of drug-likeness (QED) is 0.479. The van der Waals surface area contributed by atoms with Gasteiger partial charge in [-0.25, -0.2) is 0 Å². The number of ether oxygens (including phenoxy) is 1. The van der Waals surface area contributed by atoms with Crippen LogP contribution in [-0.4, -0.2) is 36.5 Å². The molecule has 0 heterocycles. The Morgan fingerprint density at radius 3 is 2.35 bits per heavy atom. The normalized spacial score (nSPS) is 18.1. The molecule has 0 bridgehead atoms. The lowest BCUT2D eigenvalue weighted by atomic mass is 9.97. The van der Waals surface area contributed by atoms with Gasteiger partial charge in [0.05, 0.1) is 6.61 Å². The molecular formula is C17H35NO2. The van der Waals surface area contributed by atoms with Gasteiger partial charge in [0.25, 0.3) is 0 Å². The number of unbranched alkanes of at least 4 members (excludes halogenated alkanes) is 5. The Bertz CT molecular complexity index is 231. The largest absolute Gasteiger partial charge is 0.394 e. The van der Waals surface area contributed by atoms with E-state index < -0.39 is 0 Å².